The first-order valence-electron chi connectivity index (χ1n) is 21.0. The van der Waals surface area contributed by atoms with E-state index in [4.69, 9.17) is 9.73 Å². The Morgan fingerprint density at radius 2 is 1.00 bits per heavy atom. The maximum absolute atomic E-state index is 6.54. The van der Waals surface area contributed by atoms with Gasteiger partial charge in [-0.15, -0.1) is 0 Å². The van der Waals surface area contributed by atoms with E-state index in [0.29, 0.717) is 6.61 Å². The van der Waals surface area contributed by atoms with Gasteiger partial charge in [-0.2, -0.15) is 0 Å². The lowest BCUT2D eigenvalue weighted by molar-refractivity contribution is 0.235. The Morgan fingerprint density at radius 1 is 0.564 bits per heavy atom. The standard InChI is InChI=1S/C52H68NOP/c1-47(2,3)35-26-36(48(4,5)6)29-39(28-35)55(40-30-37(49(7,8)9)27-38(31-40)50(10,11)12)42-21-17-19-34-23-25-52(45(34)42)24-22-33-18-16-20-41(44(33)52)46-53-43(32-54-46)51(13,14)15/h16-21,26-31,43H,22-25,32H2,1-15H3/t43-,52?/m1/s1. The minimum Gasteiger partial charge on any atom is -0.475 e. The van der Waals surface area contributed by atoms with Gasteiger partial charge in [-0.05, 0) is 127 Å². The molecule has 1 aliphatic heterocycles. The highest BCUT2D eigenvalue weighted by Gasteiger charge is 2.49. The summed E-state index contributed by atoms with van der Waals surface area (Å²) in [5, 5.41) is 4.47. The number of aryl methyl sites for hydroxylation is 2. The van der Waals surface area contributed by atoms with Crippen LogP contribution in [0.15, 0.2) is 77.8 Å². The number of hydrogen-bond donors (Lipinski definition) is 0. The zero-order valence-electron chi connectivity index (χ0n) is 36.8. The molecule has 4 aromatic carbocycles. The Kier molecular flexibility index (Phi) is 9.77. The summed E-state index contributed by atoms with van der Waals surface area (Å²) < 4.78 is 6.54. The minimum absolute atomic E-state index is 0.0207. The van der Waals surface area contributed by atoms with Gasteiger partial charge in [0.05, 0.1) is 6.04 Å². The van der Waals surface area contributed by atoms with Crippen LogP contribution in [-0.2, 0) is 44.7 Å². The summed E-state index contributed by atoms with van der Waals surface area (Å²) >= 11 is 0. The van der Waals surface area contributed by atoms with E-state index in [1.807, 2.05) is 0 Å². The largest absolute Gasteiger partial charge is 0.475 e. The van der Waals surface area contributed by atoms with Gasteiger partial charge in [0, 0.05) is 11.0 Å². The molecule has 292 valence electrons. The molecule has 0 radical (unpaired) electrons. The van der Waals surface area contributed by atoms with Crippen LogP contribution in [0.4, 0.5) is 0 Å². The molecule has 55 heavy (non-hydrogen) atoms. The fourth-order valence-corrected chi connectivity index (χ4v) is 11.9. The number of rotatable bonds is 4. The summed E-state index contributed by atoms with van der Waals surface area (Å²) in [6.07, 6.45) is 4.45. The SMILES string of the molecule is CC(C)(C)c1cc(P(c2cc(C(C)(C)C)cc(C(C)(C)C)c2)c2cccc3c2C2(CCc4cccc(C5=N[C@@H](C(C)(C)C)CO5)c42)CC3)cc(C(C)(C)C)c1. The predicted molar refractivity (Wildman–Crippen MR) is 240 cm³/mol. The van der Waals surface area contributed by atoms with Gasteiger partial charge >= 0.3 is 0 Å². The van der Waals surface area contributed by atoms with Gasteiger partial charge in [0.25, 0.3) is 0 Å². The van der Waals surface area contributed by atoms with Crippen LogP contribution in [0.2, 0.25) is 0 Å². The number of aliphatic imine (C=N–C) groups is 1. The quantitative estimate of drug-likeness (QED) is 0.190. The molecule has 0 fully saturated rings. The normalized spacial score (nSPS) is 20.2. The van der Waals surface area contributed by atoms with Crippen molar-refractivity contribution in [3.63, 3.8) is 0 Å². The van der Waals surface area contributed by atoms with Crippen molar-refractivity contribution in [2.24, 2.45) is 10.4 Å². The van der Waals surface area contributed by atoms with E-state index >= 15 is 0 Å². The molecule has 2 atom stereocenters. The monoisotopic (exact) mass is 754 g/mol. The Morgan fingerprint density at radius 3 is 1.42 bits per heavy atom. The van der Waals surface area contributed by atoms with Crippen LogP contribution in [0, 0.1) is 5.41 Å². The van der Waals surface area contributed by atoms with Crippen molar-refractivity contribution >= 4 is 29.7 Å². The van der Waals surface area contributed by atoms with Crippen molar-refractivity contribution < 1.29 is 4.74 Å². The number of hydrogen-bond acceptors (Lipinski definition) is 2. The second-order valence-corrected chi connectivity index (χ2v) is 24.4. The molecule has 3 heteroatoms. The molecule has 7 rings (SSSR count). The summed E-state index contributed by atoms with van der Waals surface area (Å²) in [5.41, 5.74) is 13.1. The molecule has 2 aliphatic carbocycles. The average molecular weight is 754 g/mol. The van der Waals surface area contributed by atoms with Gasteiger partial charge < -0.3 is 4.74 Å². The third-order valence-electron chi connectivity index (χ3n) is 12.8. The lowest BCUT2D eigenvalue weighted by atomic mass is 9.74. The van der Waals surface area contributed by atoms with Gasteiger partial charge in [0.15, 0.2) is 0 Å². The van der Waals surface area contributed by atoms with Crippen LogP contribution in [-0.4, -0.2) is 18.5 Å². The van der Waals surface area contributed by atoms with E-state index < -0.39 is 7.92 Å². The molecule has 3 aliphatic rings. The molecule has 1 heterocycles. The molecule has 2 nitrogen and oxygen atoms in total. The lowest BCUT2D eigenvalue weighted by Crippen LogP contribution is -2.34. The van der Waals surface area contributed by atoms with Crippen molar-refractivity contribution in [1.29, 1.82) is 0 Å². The van der Waals surface area contributed by atoms with E-state index in [0.717, 1.165) is 31.6 Å². The molecule has 0 saturated heterocycles. The van der Waals surface area contributed by atoms with Gasteiger partial charge in [-0.25, -0.2) is 4.99 Å². The van der Waals surface area contributed by atoms with Gasteiger partial charge in [-0.3, -0.25) is 0 Å². The summed E-state index contributed by atoms with van der Waals surface area (Å²) in [6.45, 7) is 36.0. The number of fused-ring (bicyclic) bond motifs is 4. The highest BCUT2D eigenvalue weighted by atomic mass is 31.1. The second-order valence-electron chi connectivity index (χ2n) is 22.2. The van der Waals surface area contributed by atoms with Crippen LogP contribution >= 0.6 is 7.92 Å². The van der Waals surface area contributed by atoms with Crippen molar-refractivity contribution in [1.82, 2.24) is 0 Å². The van der Waals surface area contributed by atoms with E-state index in [2.05, 4.69) is 177 Å². The lowest BCUT2D eigenvalue weighted by Gasteiger charge is -2.35. The van der Waals surface area contributed by atoms with Crippen LogP contribution in [0.3, 0.4) is 0 Å². The molecule has 0 amide bonds. The molecule has 0 N–H and O–H groups in total. The van der Waals surface area contributed by atoms with Crippen molar-refractivity contribution in [3.8, 4) is 0 Å². The zero-order valence-corrected chi connectivity index (χ0v) is 37.7. The fourth-order valence-electron chi connectivity index (χ4n) is 9.14. The minimum atomic E-state index is -0.938. The third-order valence-corrected chi connectivity index (χ3v) is 15.2. The van der Waals surface area contributed by atoms with Crippen LogP contribution in [0.25, 0.3) is 0 Å². The summed E-state index contributed by atoms with van der Waals surface area (Å²) in [7, 11) is -0.938. The van der Waals surface area contributed by atoms with Gasteiger partial charge in [0.2, 0.25) is 5.90 Å². The molecule has 1 unspecified atom stereocenters. The molecule has 0 aromatic heterocycles. The summed E-state index contributed by atoms with van der Waals surface area (Å²) in [6, 6.07) is 29.8. The maximum Gasteiger partial charge on any atom is 0.216 e. The van der Waals surface area contributed by atoms with Crippen molar-refractivity contribution in [3.05, 3.63) is 123 Å². The molecule has 0 saturated carbocycles. The number of nitrogens with zero attached hydrogens (tertiary/aromatic N) is 1. The fraction of sp³-hybridized carbons (Fsp3) is 0.519. The highest BCUT2D eigenvalue weighted by molar-refractivity contribution is 7.80. The second kappa shape index (κ2) is 13.4. The smallest absolute Gasteiger partial charge is 0.216 e. The van der Waals surface area contributed by atoms with Crippen LogP contribution in [0.5, 0.6) is 0 Å². The molecular formula is C52H68NOP. The molecule has 1 spiro atoms. The highest BCUT2D eigenvalue weighted by Crippen LogP contribution is 2.56. The number of ether oxygens (including phenoxy) is 1. The first kappa shape index (κ1) is 40.0. The Labute approximate surface area is 335 Å². The maximum atomic E-state index is 6.54. The number of benzene rings is 4. The first-order valence-corrected chi connectivity index (χ1v) is 22.3. The van der Waals surface area contributed by atoms with E-state index in [1.54, 1.807) is 5.56 Å². The predicted octanol–water partition coefficient (Wildman–Crippen LogP) is 12.0. The Bertz CT molecular complexity index is 2010. The summed E-state index contributed by atoms with van der Waals surface area (Å²) in [5.74, 6) is 0.853. The Balaban J connectivity index is 1.54. The van der Waals surface area contributed by atoms with Gasteiger partial charge in [0.1, 0.15) is 6.61 Å². The summed E-state index contributed by atoms with van der Waals surface area (Å²) in [4.78, 5) is 5.30. The Hall–Kier alpha value is -3.22. The van der Waals surface area contributed by atoms with E-state index in [1.165, 1.54) is 60.4 Å². The van der Waals surface area contributed by atoms with E-state index in [9.17, 15) is 0 Å². The zero-order chi connectivity index (χ0) is 40.1. The van der Waals surface area contributed by atoms with Gasteiger partial charge in [-0.1, -0.05) is 171 Å². The molecular weight excluding hydrogens is 686 g/mol. The van der Waals surface area contributed by atoms with Crippen molar-refractivity contribution in [2.45, 2.75) is 163 Å². The van der Waals surface area contributed by atoms with Crippen LogP contribution < -0.4 is 15.9 Å². The van der Waals surface area contributed by atoms with Crippen LogP contribution in [0.1, 0.15) is 167 Å². The first-order chi connectivity index (χ1) is 25.4. The topological polar surface area (TPSA) is 21.6 Å². The molecule has 4 aromatic rings. The van der Waals surface area contributed by atoms with E-state index in [-0.39, 0.29) is 38.5 Å². The van der Waals surface area contributed by atoms with Crippen molar-refractivity contribution in [2.75, 3.05) is 6.61 Å². The molecule has 0 bridgehead atoms. The average Bonchev–Trinajstić information content (AvgIpc) is 3.82. The third kappa shape index (κ3) is 7.40.